The molecule has 4 rings (SSSR count). The molecule has 8 heteroatoms. The molecule has 0 bridgehead atoms. The van der Waals surface area contributed by atoms with Crippen LogP contribution in [0.25, 0.3) is 10.1 Å². The van der Waals surface area contributed by atoms with Crippen LogP contribution in [0.15, 0.2) is 18.2 Å². The van der Waals surface area contributed by atoms with Crippen LogP contribution >= 0.6 is 34.9 Å². The number of amides is 1. The number of anilines is 1. The fourth-order valence-corrected chi connectivity index (χ4v) is 7.31. The van der Waals surface area contributed by atoms with Crippen molar-refractivity contribution < 1.29 is 4.79 Å². The number of unbranched alkanes of at least 4 members (excludes halogenated alkanes) is 1. The molecule has 3 heterocycles. The van der Waals surface area contributed by atoms with Crippen LogP contribution in [0.2, 0.25) is 5.02 Å². The summed E-state index contributed by atoms with van der Waals surface area (Å²) in [6, 6.07) is 5.98. The van der Waals surface area contributed by atoms with Crippen LogP contribution in [0.4, 0.5) is 5.82 Å². The van der Waals surface area contributed by atoms with Gasteiger partial charge in [0.1, 0.15) is 10.7 Å². The molecular weight excluding hydrogens is 424 g/mol. The van der Waals surface area contributed by atoms with Gasteiger partial charge in [0.15, 0.2) is 0 Å². The zero-order valence-electron chi connectivity index (χ0n) is 17.6. The summed E-state index contributed by atoms with van der Waals surface area (Å²) in [5.41, 5.74) is 0. The average Bonchev–Trinajstić information content (AvgIpc) is 3.16. The summed E-state index contributed by atoms with van der Waals surface area (Å²) in [6.45, 7) is 12.0. The van der Waals surface area contributed by atoms with Crippen LogP contribution in [0.1, 0.15) is 47.0 Å². The Bertz CT molecular complexity index is 909. The van der Waals surface area contributed by atoms with E-state index in [0.717, 1.165) is 66.4 Å². The van der Waals surface area contributed by atoms with E-state index in [1.54, 1.807) is 0 Å². The van der Waals surface area contributed by atoms with Gasteiger partial charge in [-0.05, 0) is 56.9 Å². The molecule has 0 N–H and O–H groups in total. The third-order valence-corrected chi connectivity index (χ3v) is 8.41. The molecule has 0 aliphatic carbocycles. The third kappa shape index (κ3) is 3.87. The van der Waals surface area contributed by atoms with Gasteiger partial charge in [-0.1, -0.05) is 31.4 Å². The molecule has 2 aromatic rings. The molecule has 0 radical (unpaired) electrons. The molecule has 2 saturated heterocycles. The first kappa shape index (κ1) is 21.2. The smallest absolute Gasteiger partial charge is 0.253 e. The first-order valence-corrected chi connectivity index (χ1v) is 12.3. The number of fused-ring (bicyclic) bond motifs is 1. The van der Waals surface area contributed by atoms with Crippen molar-refractivity contribution in [2.24, 2.45) is 0 Å². The zero-order valence-corrected chi connectivity index (χ0v) is 20.0. The van der Waals surface area contributed by atoms with Gasteiger partial charge in [-0.3, -0.25) is 9.80 Å². The summed E-state index contributed by atoms with van der Waals surface area (Å²) in [5, 5.41) is 6.27. The quantitative estimate of drug-likeness (QED) is 0.619. The second-order valence-electron chi connectivity index (χ2n) is 8.60. The monoisotopic (exact) mass is 452 g/mol. The lowest BCUT2D eigenvalue weighted by Gasteiger charge is -2.45. The molecule has 5 nitrogen and oxygen atoms in total. The molecule has 1 amide bonds. The molecule has 0 saturated carbocycles. The second kappa shape index (κ2) is 7.91. The van der Waals surface area contributed by atoms with E-state index in [1.807, 2.05) is 23.9 Å². The largest absolute Gasteiger partial charge is 0.353 e. The summed E-state index contributed by atoms with van der Waals surface area (Å²) in [6.07, 6.45) is 3.31. The SMILES string of the molecule is CCCCC1(C)SC(C)(C)C(=O)N1N1CCN(c2nsc3cc(Cl)ccc23)CC1. The van der Waals surface area contributed by atoms with Crippen LogP contribution in [0.5, 0.6) is 0 Å². The first-order valence-electron chi connectivity index (χ1n) is 10.3. The van der Waals surface area contributed by atoms with Gasteiger partial charge in [0.2, 0.25) is 0 Å². The number of piperazine rings is 1. The number of benzene rings is 1. The van der Waals surface area contributed by atoms with Gasteiger partial charge in [-0.25, -0.2) is 5.01 Å². The summed E-state index contributed by atoms with van der Waals surface area (Å²) in [4.78, 5) is 15.4. The number of carbonyl (C=O) groups excluding carboxylic acids is 1. The highest BCUT2D eigenvalue weighted by molar-refractivity contribution is 8.03. The minimum Gasteiger partial charge on any atom is -0.353 e. The number of hydrogen-bond donors (Lipinski definition) is 0. The number of hydrazine groups is 1. The van der Waals surface area contributed by atoms with E-state index in [2.05, 4.69) is 48.7 Å². The predicted molar refractivity (Wildman–Crippen MR) is 125 cm³/mol. The summed E-state index contributed by atoms with van der Waals surface area (Å²) < 4.78 is 5.44. The summed E-state index contributed by atoms with van der Waals surface area (Å²) in [5.74, 6) is 1.28. The van der Waals surface area contributed by atoms with Crippen LogP contribution in [-0.4, -0.2) is 56.1 Å². The molecule has 1 aromatic carbocycles. The fourth-order valence-electron chi connectivity index (χ4n) is 4.43. The summed E-state index contributed by atoms with van der Waals surface area (Å²) in [7, 11) is 0. The van der Waals surface area contributed by atoms with Crippen molar-refractivity contribution in [1.82, 2.24) is 14.4 Å². The fraction of sp³-hybridized carbons (Fsp3) is 0.619. The Balaban J connectivity index is 1.51. The van der Waals surface area contributed by atoms with Gasteiger partial charge in [0, 0.05) is 36.6 Å². The Morgan fingerprint density at radius 3 is 2.59 bits per heavy atom. The van der Waals surface area contributed by atoms with Gasteiger partial charge >= 0.3 is 0 Å². The van der Waals surface area contributed by atoms with Crippen molar-refractivity contribution in [2.75, 3.05) is 31.1 Å². The topological polar surface area (TPSA) is 39.7 Å². The van der Waals surface area contributed by atoms with Gasteiger partial charge in [-0.2, -0.15) is 4.37 Å². The Morgan fingerprint density at radius 1 is 1.17 bits per heavy atom. The zero-order chi connectivity index (χ0) is 20.8. The van der Waals surface area contributed by atoms with Crippen LogP contribution in [0, 0.1) is 0 Å². The van der Waals surface area contributed by atoms with Gasteiger partial charge in [0.25, 0.3) is 5.91 Å². The molecular formula is C21H29ClN4OS2. The van der Waals surface area contributed by atoms with Gasteiger partial charge in [-0.15, -0.1) is 11.8 Å². The molecule has 0 spiro atoms. The molecule has 1 aromatic heterocycles. The number of halogens is 1. The Hall–Kier alpha value is -1.02. The molecule has 1 unspecified atom stereocenters. The Labute approximate surface area is 186 Å². The summed E-state index contributed by atoms with van der Waals surface area (Å²) >= 11 is 9.44. The van der Waals surface area contributed by atoms with Crippen molar-refractivity contribution >= 4 is 56.7 Å². The lowest BCUT2D eigenvalue weighted by molar-refractivity contribution is -0.157. The van der Waals surface area contributed by atoms with Crippen molar-refractivity contribution in [2.45, 2.75) is 56.6 Å². The molecule has 2 aliphatic rings. The first-order chi connectivity index (χ1) is 13.7. The number of nitrogens with zero attached hydrogens (tertiary/aromatic N) is 4. The number of hydrogen-bond acceptors (Lipinski definition) is 6. The van der Waals surface area contributed by atoms with Crippen LogP contribution in [0.3, 0.4) is 0 Å². The number of rotatable bonds is 5. The molecule has 2 aliphatic heterocycles. The predicted octanol–water partition coefficient (Wildman–Crippen LogP) is 5.25. The Morgan fingerprint density at radius 2 is 1.90 bits per heavy atom. The van der Waals surface area contributed by atoms with E-state index < -0.39 is 0 Å². The highest BCUT2D eigenvalue weighted by Crippen LogP contribution is 2.51. The molecule has 2 fully saturated rings. The molecule has 29 heavy (non-hydrogen) atoms. The maximum atomic E-state index is 13.2. The van der Waals surface area contributed by atoms with E-state index in [1.165, 1.54) is 11.5 Å². The van der Waals surface area contributed by atoms with Crippen molar-refractivity contribution in [3.05, 3.63) is 23.2 Å². The van der Waals surface area contributed by atoms with Gasteiger partial charge < -0.3 is 4.90 Å². The average molecular weight is 453 g/mol. The maximum absolute atomic E-state index is 13.2. The Kier molecular flexibility index (Phi) is 5.79. The minimum atomic E-state index is -0.371. The molecule has 1 atom stereocenters. The highest BCUT2D eigenvalue weighted by atomic mass is 35.5. The number of carbonyl (C=O) groups is 1. The molecule has 158 valence electrons. The van der Waals surface area contributed by atoms with Gasteiger partial charge in [0.05, 0.1) is 9.45 Å². The highest BCUT2D eigenvalue weighted by Gasteiger charge is 2.55. The van der Waals surface area contributed by atoms with E-state index in [0.29, 0.717) is 0 Å². The van der Waals surface area contributed by atoms with E-state index in [4.69, 9.17) is 16.0 Å². The lowest BCUT2D eigenvalue weighted by atomic mass is 10.1. The lowest BCUT2D eigenvalue weighted by Crippen LogP contribution is -2.60. The van der Waals surface area contributed by atoms with E-state index in [9.17, 15) is 4.79 Å². The third-order valence-electron chi connectivity index (χ3n) is 5.88. The second-order valence-corrected chi connectivity index (χ2v) is 11.9. The maximum Gasteiger partial charge on any atom is 0.253 e. The van der Waals surface area contributed by atoms with Crippen LogP contribution < -0.4 is 4.90 Å². The van der Waals surface area contributed by atoms with Crippen molar-refractivity contribution in [1.29, 1.82) is 0 Å². The minimum absolute atomic E-state index is 0.164. The van der Waals surface area contributed by atoms with Crippen molar-refractivity contribution in [3.63, 3.8) is 0 Å². The van der Waals surface area contributed by atoms with E-state index >= 15 is 0 Å². The number of aromatic nitrogens is 1. The number of thioether (sulfide) groups is 1. The van der Waals surface area contributed by atoms with Crippen molar-refractivity contribution in [3.8, 4) is 0 Å². The van der Waals surface area contributed by atoms with Crippen LogP contribution in [-0.2, 0) is 4.79 Å². The van der Waals surface area contributed by atoms with E-state index in [-0.39, 0.29) is 15.5 Å². The standard InChI is InChI=1S/C21H29ClN4OS2/c1-5-6-9-21(4)26(19(27)20(2,3)29-21)25-12-10-24(11-13-25)18-16-8-7-15(22)14-17(16)28-23-18/h7-8,14H,5-6,9-13H2,1-4H3. The normalized spacial score (nSPS) is 25.3.